The molecule has 1 N–H and O–H groups in total. The monoisotopic (exact) mass is 246 g/mol. The lowest BCUT2D eigenvalue weighted by atomic mass is 10.2. The zero-order chi connectivity index (χ0) is 12.0. The van der Waals surface area contributed by atoms with Crippen molar-refractivity contribution in [2.75, 3.05) is 31.7 Å². The van der Waals surface area contributed by atoms with Crippen LogP contribution in [0.25, 0.3) is 0 Å². The maximum atomic E-state index is 11.6. The van der Waals surface area contributed by atoms with Crippen molar-refractivity contribution < 1.29 is 14.3 Å². The zero-order valence-electron chi connectivity index (χ0n) is 9.69. The summed E-state index contributed by atoms with van der Waals surface area (Å²) in [6, 6.07) is 0.0766. The average molecular weight is 246 g/mol. The molecule has 0 aromatic rings. The van der Waals surface area contributed by atoms with Crippen molar-refractivity contribution in [2.45, 2.75) is 19.4 Å². The van der Waals surface area contributed by atoms with Gasteiger partial charge in [0.15, 0.2) is 0 Å². The Morgan fingerprint density at radius 1 is 1.56 bits per heavy atom. The quantitative estimate of drug-likeness (QED) is 0.742. The highest BCUT2D eigenvalue weighted by molar-refractivity contribution is 7.99. The molecule has 0 aromatic heterocycles. The number of rotatable bonds is 4. The van der Waals surface area contributed by atoms with E-state index < -0.39 is 5.97 Å². The number of urea groups is 1. The molecule has 5 nitrogen and oxygen atoms in total. The van der Waals surface area contributed by atoms with Crippen LogP contribution in [0.1, 0.15) is 13.3 Å². The van der Waals surface area contributed by atoms with Crippen molar-refractivity contribution in [3.63, 3.8) is 0 Å². The number of nitrogens with zero attached hydrogens (tertiary/aromatic N) is 1. The van der Waals surface area contributed by atoms with Crippen molar-refractivity contribution in [3.8, 4) is 0 Å². The second kappa shape index (κ2) is 6.62. The van der Waals surface area contributed by atoms with E-state index in [9.17, 15) is 9.59 Å². The van der Waals surface area contributed by atoms with Gasteiger partial charge in [-0.25, -0.2) is 4.79 Å². The first-order chi connectivity index (χ1) is 7.65. The van der Waals surface area contributed by atoms with E-state index in [1.807, 2.05) is 11.8 Å². The number of nitrogens with one attached hydrogen (secondary N) is 1. The highest BCUT2D eigenvalue weighted by Crippen LogP contribution is 2.21. The molecule has 2 amide bonds. The topological polar surface area (TPSA) is 58.6 Å². The number of hydrogen-bond acceptors (Lipinski definition) is 4. The predicted molar refractivity (Wildman–Crippen MR) is 63.5 cm³/mol. The largest absolute Gasteiger partial charge is 0.465 e. The molecule has 1 heterocycles. The molecular weight excluding hydrogens is 228 g/mol. The summed E-state index contributed by atoms with van der Waals surface area (Å²) in [4.78, 5) is 24.3. The SMILES string of the molecule is CCOC(=O)CNC(=O)N(C)C1CCSC1. The van der Waals surface area contributed by atoms with Crippen LogP contribution in [0, 0.1) is 0 Å². The van der Waals surface area contributed by atoms with Crippen LogP contribution in [-0.2, 0) is 9.53 Å². The van der Waals surface area contributed by atoms with Gasteiger partial charge in [0.1, 0.15) is 6.54 Å². The number of thioether (sulfide) groups is 1. The second-order valence-electron chi connectivity index (χ2n) is 3.59. The van der Waals surface area contributed by atoms with Gasteiger partial charge in [-0.1, -0.05) is 0 Å². The van der Waals surface area contributed by atoms with E-state index in [0.29, 0.717) is 6.61 Å². The number of carbonyl (C=O) groups excluding carboxylic acids is 2. The summed E-state index contributed by atoms with van der Waals surface area (Å²) in [5, 5.41) is 2.55. The molecule has 0 radical (unpaired) electrons. The van der Waals surface area contributed by atoms with Gasteiger partial charge in [0.05, 0.1) is 6.61 Å². The van der Waals surface area contributed by atoms with Gasteiger partial charge in [-0.05, 0) is 19.1 Å². The third kappa shape index (κ3) is 3.92. The standard InChI is InChI=1S/C10H18N2O3S/c1-3-15-9(13)6-11-10(14)12(2)8-4-5-16-7-8/h8H,3-7H2,1-2H3,(H,11,14). The fraction of sp³-hybridized carbons (Fsp3) is 0.800. The minimum absolute atomic E-state index is 0.0587. The van der Waals surface area contributed by atoms with Gasteiger partial charge in [0, 0.05) is 18.8 Å². The van der Waals surface area contributed by atoms with Gasteiger partial charge < -0.3 is 15.0 Å². The fourth-order valence-corrected chi connectivity index (χ4v) is 2.75. The van der Waals surface area contributed by atoms with Crippen molar-refractivity contribution in [3.05, 3.63) is 0 Å². The maximum Gasteiger partial charge on any atom is 0.325 e. The van der Waals surface area contributed by atoms with Crippen molar-refractivity contribution >= 4 is 23.8 Å². The summed E-state index contributed by atoms with van der Waals surface area (Å²) < 4.78 is 4.72. The molecule has 1 aliphatic rings. The summed E-state index contributed by atoms with van der Waals surface area (Å²) in [5.41, 5.74) is 0. The van der Waals surface area contributed by atoms with Crippen molar-refractivity contribution in [1.82, 2.24) is 10.2 Å². The van der Waals surface area contributed by atoms with E-state index in [0.717, 1.165) is 17.9 Å². The Hall–Kier alpha value is -0.910. The molecule has 1 fully saturated rings. The number of ether oxygens (including phenoxy) is 1. The summed E-state index contributed by atoms with van der Waals surface area (Å²) in [6.45, 7) is 2.02. The first kappa shape index (κ1) is 13.2. The molecule has 1 atom stereocenters. The average Bonchev–Trinajstić information content (AvgIpc) is 2.78. The Bertz CT molecular complexity index is 254. The lowest BCUT2D eigenvalue weighted by molar-refractivity contribution is -0.141. The van der Waals surface area contributed by atoms with Gasteiger partial charge in [-0.3, -0.25) is 4.79 Å². The highest BCUT2D eigenvalue weighted by atomic mass is 32.2. The zero-order valence-corrected chi connectivity index (χ0v) is 10.5. The Kier molecular flexibility index (Phi) is 5.45. The van der Waals surface area contributed by atoms with Gasteiger partial charge in [0.25, 0.3) is 0 Å². The molecule has 0 saturated carbocycles. The third-order valence-electron chi connectivity index (χ3n) is 2.46. The second-order valence-corrected chi connectivity index (χ2v) is 4.74. The highest BCUT2D eigenvalue weighted by Gasteiger charge is 2.23. The fourth-order valence-electron chi connectivity index (χ4n) is 1.48. The third-order valence-corrected chi connectivity index (χ3v) is 3.61. The lowest BCUT2D eigenvalue weighted by Crippen LogP contribution is -2.45. The molecule has 1 saturated heterocycles. The van der Waals surface area contributed by atoms with E-state index in [1.54, 1.807) is 18.9 Å². The number of esters is 1. The van der Waals surface area contributed by atoms with Crippen LogP contribution in [0.5, 0.6) is 0 Å². The van der Waals surface area contributed by atoms with Gasteiger partial charge in [0.2, 0.25) is 0 Å². The molecule has 0 bridgehead atoms. The van der Waals surface area contributed by atoms with E-state index in [2.05, 4.69) is 5.32 Å². The molecule has 1 unspecified atom stereocenters. The smallest absolute Gasteiger partial charge is 0.325 e. The molecule has 0 aromatic carbocycles. The molecular formula is C10H18N2O3S. The van der Waals surface area contributed by atoms with Crippen molar-refractivity contribution in [2.24, 2.45) is 0 Å². The lowest BCUT2D eigenvalue weighted by Gasteiger charge is -2.23. The van der Waals surface area contributed by atoms with E-state index in [4.69, 9.17) is 4.74 Å². The van der Waals surface area contributed by atoms with Crippen LogP contribution < -0.4 is 5.32 Å². The maximum absolute atomic E-state index is 11.6. The first-order valence-electron chi connectivity index (χ1n) is 5.39. The van der Waals surface area contributed by atoms with Crippen LogP contribution in [0.4, 0.5) is 4.79 Å². The minimum Gasteiger partial charge on any atom is -0.465 e. The van der Waals surface area contributed by atoms with E-state index in [1.165, 1.54) is 0 Å². The molecule has 16 heavy (non-hydrogen) atoms. The molecule has 1 aliphatic heterocycles. The minimum atomic E-state index is -0.398. The number of carbonyl (C=O) groups is 2. The number of hydrogen-bond donors (Lipinski definition) is 1. The predicted octanol–water partition coefficient (Wildman–Crippen LogP) is 0.696. The molecule has 1 rings (SSSR count). The van der Waals surface area contributed by atoms with E-state index >= 15 is 0 Å². The van der Waals surface area contributed by atoms with Gasteiger partial charge >= 0.3 is 12.0 Å². The molecule has 6 heteroatoms. The Morgan fingerprint density at radius 2 is 2.31 bits per heavy atom. The summed E-state index contributed by atoms with van der Waals surface area (Å²) in [5.74, 6) is 1.67. The van der Waals surface area contributed by atoms with Crippen LogP contribution in [0.2, 0.25) is 0 Å². The van der Waals surface area contributed by atoms with Crippen LogP contribution in [0.3, 0.4) is 0 Å². The Labute approximate surface area is 99.9 Å². The Balaban J connectivity index is 2.25. The molecule has 0 aliphatic carbocycles. The van der Waals surface area contributed by atoms with Gasteiger partial charge in [-0.2, -0.15) is 11.8 Å². The summed E-state index contributed by atoms with van der Waals surface area (Å²) in [7, 11) is 1.76. The van der Waals surface area contributed by atoms with Crippen LogP contribution in [0.15, 0.2) is 0 Å². The summed E-state index contributed by atoms with van der Waals surface area (Å²) in [6.07, 6.45) is 1.02. The molecule has 0 spiro atoms. The van der Waals surface area contributed by atoms with Crippen molar-refractivity contribution in [1.29, 1.82) is 0 Å². The van der Waals surface area contributed by atoms with E-state index in [-0.39, 0.29) is 18.6 Å². The van der Waals surface area contributed by atoms with Gasteiger partial charge in [-0.15, -0.1) is 0 Å². The Morgan fingerprint density at radius 3 is 2.88 bits per heavy atom. The normalized spacial score (nSPS) is 19.2. The molecule has 92 valence electrons. The van der Waals surface area contributed by atoms with Crippen LogP contribution in [-0.4, -0.2) is 54.6 Å². The number of amides is 2. The first-order valence-corrected chi connectivity index (χ1v) is 6.54. The summed E-state index contributed by atoms with van der Waals surface area (Å²) >= 11 is 1.85. The van der Waals surface area contributed by atoms with Crippen LogP contribution >= 0.6 is 11.8 Å².